The Morgan fingerprint density at radius 3 is 2.76 bits per heavy atom. The number of amides is 2. The number of imidazole rings is 1. The predicted octanol–water partition coefficient (Wildman–Crippen LogP) is 1.58. The Bertz CT molecular complexity index is 763. The fourth-order valence-electron chi connectivity index (χ4n) is 2.82. The SMILES string of the molecule is CC(C)CCNC(=O)c1nc(C(=O)N2CCOCC2)n2ccccc12. The van der Waals surface area contributed by atoms with E-state index in [4.69, 9.17) is 4.74 Å². The van der Waals surface area contributed by atoms with Crippen molar-refractivity contribution in [2.45, 2.75) is 20.3 Å². The molecule has 2 amide bonds. The zero-order chi connectivity index (χ0) is 17.8. The molecular weight excluding hydrogens is 320 g/mol. The molecule has 0 radical (unpaired) electrons. The highest BCUT2D eigenvalue weighted by molar-refractivity contribution is 6.02. The molecule has 3 rings (SSSR count). The molecule has 0 aromatic carbocycles. The number of morpholine rings is 1. The van der Waals surface area contributed by atoms with Gasteiger partial charge in [0, 0.05) is 25.8 Å². The van der Waals surface area contributed by atoms with Crippen LogP contribution >= 0.6 is 0 Å². The van der Waals surface area contributed by atoms with E-state index in [1.807, 2.05) is 12.1 Å². The van der Waals surface area contributed by atoms with Gasteiger partial charge >= 0.3 is 0 Å². The van der Waals surface area contributed by atoms with Crippen LogP contribution in [0, 0.1) is 5.92 Å². The molecule has 0 unspecified atom stereocenters. The number of nitrogens with zero attached hydrogens (tertiary/aromatic N) is 3. The van der Waals surface area contributed by atoms with Crippen LogP contribution < -0.4 is 5.32 Å². The summed E-state index contributed by atoms with van der Waals surface area (Å²) in [6.07, 6.45) is 2.66. The van der Waals surface area contributed by atoms with Crippen molar-refractivity contribution < 1.29 is 14.3 Å². The molecule has 0 aliphatic carbocycles. The molecule has 7 heteroatoms. The van der Waals surface area contributed by atoms with E-state index < -0.39 is 0 Å². The standard InChI is InChI=1S/C18H24N4O3/c1-13(2)6-7-19-17(23)15-14-5-3-4-8-22(14)16(20-15)18(24)21-9-11-25-12-10-21/h3-5,8,13H,6-7,9-12H2,1-2H3,(H,19,23). The molecule has 0 saturated carbocycles. The summed E-state index contributed by atoms with van der Waals surface area (Å²) in [5.74, 6) is 0.361. The van der Waals surface area contributed by atoms with E-state index >= 15 is 0 Å². The first-order valence-corrected chi connectivity index (χ1v) is 8.70. The molecule has 3 heterocycles. The highest BCUT2D eigenvalue weighted by Crippen LogP contribution is 2.15. The van der Waals surface area contributed by atoms with Crippen LogP contribution in [0.25, 0.3) is 5.52 Å². The summed E-state index contributed by atoms with van der Waals surface area (Å²) >= 11 is 0. The van der Waals surface area contributed by atoms with Crippen molar-refractivity contribution in [1.29, 1.82) is 0 Å². The average molecular weight is 344 g/mol. The maximum atomic E-state index is 12.8. The Morgan fingerprint density at radius 2 is 2.04 bits per heavy atom. The van der Waals surface area contributed by atoms with E-state index in [9.17, 15) is 9.59 Å². The van der Waals surface area contributed by atoms with Crippen LogP contribution in [-0.4, -0.2) is 58.9 Å². The number of hydrogen-bond acceptors (Lipinski definition) is 4. The third-order valence-electron chi connectivity index (χ3n) is 4.26. The van der Waals surface area contributed by atoms with Crippen molar-refractivity contribution >= 4 is 17.3 Å². The van der Waals surface area contributed by atoms with Gasteiger partial charge in [-0.1, -0.05) is 19.9 Å². The lowest BCUT2D eigenvalue weighted by Crippen LogP contribution is -2.41. The fourth-order valence-corrected chi connectivity index (χ4v) is 2.82. The van der Waals surface area contributed by atoms with Gasteiger partial charge in [-0.25, -0.2) is 4.98 Å². The van der Waals surface area contributed by atoms with Crippen molar-refractivity contribution in [3.63, 3.8) is 0 Å². The van der Waals surface area contributed by atoms with E-state index in [-0.39, 0.29) is 17.6 Å². The van der Waals surface area contributed by atoms with Gasteiger partial charge in [-0.05, 0) is 24.5 Å². The molecule has 134 valence electrons. The molecule has 0 spiro atoms. The number of pyridine rings is 1. The number of nitrogens with one attached hydrogen (secondary N) is 1. The summed E-state index contributed by atoms with van der Waals surface area (Å²) < 4.78 is 6.98. The van der Waals surface area contributed by atoms with Crippen molar-refractivity contribution in [2.75, 3.05) is 32.8 Å². The summed E-state index contributed by atoms with van der Waals surface area (Å²) in [7, 11) is 0. The van der Waals surface area contributed by atoms with Crippen LogP contribution in [0.3, 0.4) is 0 Å². The molecule has 1 fully saturated rings. The number of rotatable bonds is 5. The molecule has 2 aromatic heterocycles. The summed E-state index contributed by atoms with van der Waals surface area (Å²) in [5, 5.41) is 2.89. The number of aromatic nitrogens is 2. The van der Waals surface area contributed by atoms with Crippen LogP contribution in [0.1, 0.15) is 41.4 Å². The van der Waals surface area contributed by atoms with E-state index in [0.29, 0.717) is 50.0 Å². The molecule has 0 bridgehead atoms. The van der Waals surface area contributed by atoms with Gasteiger partial charge < -0.3 is 15.0 Å². The topological polar surface area (TPSA) is 75.9 Å². The molecule has 7 nitrogen and oxygen atoms in total. The monoisotopic (exact) mass is 344 g/mol. The van der Waals surface area contributed by atoms with Crippen LogP contribution in [0.5, 0.6) is 0 Å². The summed E-state index contributed by atoms with van der Waals surface area (Å²) in [5.41, 5.74) is 0.933. The van der Waals surface area contributed by atoms with Crippen molar-refractivity contribution in [3.8, 4) is 0 Å². The van der Waals surface area contributed by atoms with Gasteiger partial charge in [-0.15, -0.1) is 0 Å². The lowest BCUT2D eigenvalue weighted by molar-refractivity contribution is 0.0294. The first-order chi connectivity index (χ1) is 12.1. The Balaban J connectivity index is 1.87. The Kier molecular flexibility index (Phi) is 5.33. The zero-order valence-electron chi connectivity index (χ0n) is 14.7. The zero-order valence-corrected chi connectivity index (χ0v) is 14.7. The fraction of sp³-hybridized carbons (Fsp3) is 0.500. The average Bonchev–Trinajstić information content (AvgIpc) is 3.01. The number of fused-ring (bicyclic) bond motifs is 1. The van der Waals surface area contributed by atoms with E-state index in [1.54, 1.807) is 21.6 Å². The highest BCUT2D eigenvalue weighted by atomic mass is 16.5. The van der Waals surface area contributed by atoms with Crippen LogP contribution in [0.15, 0.2) is 24.4 Å². The van der Waals surface area contributed by atoms with Crippen molar-refractivity contribution in [2.24, 2.45) is 5.92 Å². The van der Waals surface area contributed by atoms with Crippen LogP contribution in [0.4, 0.5) is 0 Å². The molecule has 25 heavy (non-hydrogen) atoms. The summed E-state index contributed by atoms with van der Waals surface area (Å²) in [4.78, 5) is 31.4. The Morgan fingerprint density at radius 1 is 1.28 bits per heavy atom. The Labute approximate surface area is 147 Å². The summed E-state index contributed by atoms with van der Waals surface area (Å²) in [6, 6.07) is 5.47. The van der Waals surface area contributed by atoms with Gasteiger partial charge in [0.1, 0.15) is 0 Å². The van der Waals surface area contributed by atoms with E-state index in [1.165, 1.54) is 0 Å². The number of ether oxygens (including phenoxy) is 1. The minimum atomic E-state index is -0.245. The first kappa shape index (κ1) is 17.4. The lowest BCUT2D eigenvalue weighted by atomic mass is 10.1. The van der Waals surface area contributed by atoms with Gasteiger partial charge in [0.05, 0.1) is 18.7 Å². The second-order valence-electron chi connectivity index (χ2n) is 6.58. The summed E-state index contributed by atoms with van der Waals surface area (Å²) in [6.45, 7) is 6.94. The van der Waals surface area contributed by atoms with Crippen molar-refractivity contribution in [3.05, 3.63) is 35.9 Å². The first-order valence-electron chi connectivity index (χ1n) is 8.70. The smallest absolute Gasteiger partial charge is 0.290 e. The van der Waals surface area contributed by atoms with Gasteiger partial charge in [0.25, 0.3) is 11.8 Å². The highest BCUT2D eigenvalue weighted by Gasteiger charge is 2.26. The largest absolute Gasteiger partial charge is 0.378 e. The number of hydrogen-bond donors (Lipinski definition) is 1. The number of carbonyl (C=O) groups is 2. The second kappa shape index (κ2) is 7.65. The predicted molar refractivity (Wildman–Crippen MR) is 93.7 cm³/mol. The molecule has 1 aliphatic rings. The molecule has 1 saturated heterocycles. The molecule has 2 aromatic rings. The maximum Gasteiger partial charge on any atom is 0.290 e. The van der Waals surface area contributed by atoms with Gasteiger partial charge in [0.2, 0.25) is 5.82 Å². The second-order valence-corrected chi connectivity index (χ2v) is 6.58. The van der Waals surface area contributed by atoms with Crippen molar-refractivity contribution in [1.82, 2.24) is 19.6 Å². The normalized spacial score (nSPS) is 14.9. The lowest BCUT2D eigenvalue weighted by Gasteiger charge is -2.26. The molecule has 1 aliphatic heterocycles. The minimum absolute atomic E-state index is 0.175. The Hall–Kier alpha value is -2.41. The van der Waals surface area contributed by atoms with Gasteiger partial charge in [-0.3, -0.25) is 14.0 Å². The molecule has 0 atom stereocenters. The van der Waals surface area contributed by atoms with Crippen LogP contribution in [0.2, 0.25) is 0 Å². The van der Waals surface area contributed by atoms with E-state index in [2.05, 4.69) is 24.1 Å². The third-order valence-corrected chi connectivity index (χ3v) is 4.26. The molecular formula is C18H24N4O3. The third kappa shape index (κ3) is 3.82. The minimum Gasteiger partial charge on any atom is -0.378 e. The molecule has 1 N–H and O–H groups in total. The van der Waals surface area contributed by atoms with Gasteiger partial charge in [-0.2, -0.15) is 0 Å². The van der Waals surface area contributed by atoms with E-state index in [0.717, 1.165) is 6.42 Å². The quantitative estimate of drug-likeness (QED) is 0.893. The van der Waals surface area contributed by atoms with Gasteiger partial charge in [0.15, 0.2) is 5.69 Å². The van der Waals surface area contributed by atoms with Crippen LogP contribution in [-0.2, 0) is 4.74 Å². The maximum absolute atomic E-state index is 12.8. The number of carbonyl (C=O) groups excluding carboxylic acids is 2.